The molecule has 1 aliphatic heterocycles. The Kier molecular flexibility index (Phi) is 7.96. The summed E-state index contributed by atoms with van der Waals surface area (Å²) in [6.45, 7) is 0.0700. The third-order valence-electron chi connectivity index (χ3n) is 5.22. The van der Waals surface area contributed by atoms with E-state index in [-0.39, 0.29) is 30.6 Å². The number of nitrogens with one attached hydrogen (secondary N) is 3. The molecule has 9 nitrogen and oxygen atoms in total. The van der Waals surface area contributed by atoms with Gasteiger partial charge < -0.3 is 16.0 Å². The second-order valence-corrected chi connectivity index (χ2v) is 9.55. The van der Waals surface area contributed by atoms with Gasteiger partial charge in [-0.2, -0.15) is 0 Å². The maximum Gasteiger partial charge on any atom is 0.247 e. The number of hydrogen-bond acceptors (Lipinski definition) is 5. The predicted octanol–water partition coefficient (Wildman–Crippen LogP) is 0.516. The lowest BCUT2D eigenvalue weighted by Gasteiger charge is -2.24. The number of nitrogen functional groups attached to an aromatic ring is 1. The van der Waals surface area contributed by atoms with Crippen molar-refractivity contribution >= 4 is 27.7 Å². The Morgan fingerprint density at radius 1 is 1.06 bits per heavy atom. The molecule has 0 aromatic heterocycles. The number of amidine groups is 1. The van der Waals surface area contributed by atoms with Crippen LogP contribution in [0.15, 0.2) is 66.7 Å². The third kappa shape index (κ3) is 6.99. The standard InChI is InChI=1S/C23H27N5O4S/c24-22(25)19-10-8-18(9-11-19)15-26-23(30)20-7-4-13-28(20)21(29)16-27-33(31,32)14-12-17-5-2-1-3-6-17/h1-11,20,27H,12-16H2,(H3,24,25)(H,26,30). The van der Waals surface area contributed by atoms with Crippen LogP contribution < -0.4 is 15.8 Å². The first-order chi connectivity index (χ1) is 15.7. The number of carbonyl (C=O) groups is 2. The van der Waals surface area contributed by atoms with Gasteiger partial charge in [0, 0.05) is 18.7 Å². The Morgan fingerprint density at radius 3 is 2.42 bits per heavy atom. The molecule has 1 atom stereocenters. The van der Waals surface area contributed by atoms with E-state index in [0.717, 1.165) is 11.1 Å². The van der Waals surface area contributed by atoms with Gasteiger partial charge in [0.1, 0.15) is 11.9 Å². The van der Waals surface area contributed by atoms with Crippen LogP contribution >= 0.6 is 0 Å². The van der Waals surface area contributed by atoms with Crippen LogP contribution in [0.2, 0.25) is 0 Å². The highest BCUT2D eigenvalue weighted by atomic mass is 32.2. The number of sulfonamides is 1. The Balaban J connectivity index is 1.48. The van der Waals surface area contributed by atoms with Gasteiger partial charge in [-0.3, -0.25) is 15.0 Å². The molecule has 10 heteroatoms. The molecule has 0 saturated carbocycles. The SMILES string of the molecule is N=C(N)c1ccc(CNC(=O)C2C=CCN2C(=O)CNS(=O)(=O)CCc2ccccc2)cc1. The van der Waals surface area contributed by atoms with Crippen LogP contribution in [0.3, 0.4) is 0 Å². The molecule has 0 radical (unpaired) electrons. The van der Waals surface area contributed by atoms with Crippen molar-refractivity contribution in [2.24, 2.45) is 5.73 Å². The van der Waals surface area contributed by atoms with Gasteiger partial charge in [-0.1, -0.05) is 66.7 Å². The average Bonchev–Trinajstić information content (AvgIpc) is 3.31. The average molecular weight is 470 g/mol. The number of nitrogens with zero attached hydrogens (tertiary/aromatic N) is 1. The largest absolute Gasteiger partial charge is 0.384 e. The van der Waals surface area contributed by atoms with Crippen molar-refractivity contribution in [1.82, 2.24) is 14.9 Å². The highest BCUT2D eigenvalue weighted by Gasteiger charge is 2.30. The molecule has 2 amide bonds. The summed E-state index contributed by atoms with van der Waals surface area (Å²) in [7, 11) is -3.64. The van der Waals surface area contributed by atoms with E-state index in [4.69, 9.17) is 11.1 Å². The zero-order chi connectivity index (χ0) is 23.8. The van der Waals surface area contributed by atoms with Crippen molar-refractivity contribution in [3.05, 3.63) is 83.4 Å². The van der Waals surface area contributed by atoms with Gasteiger partial charge in [-0.15, -0.1) is 0 Å². The van der Waals surface area contributed by atoms with E-state index >= 15 is 0 Å². The fraction of sp³-hybridized carbons (Fsp3) is 0.261. The van der Waals surface area contributed by atoms with Gasteiger partial charge in [0.15, 0.2) is 0 Å². The number of rotatable bonds is 10. The van der Waals surface area contributed by atoms with Crippen LogP contribution in [-0.2, 0) is 32.6 Å². The summed E-state index contributed by atoms with van der Waals surface area (Å²) in [5, 5.41) is 10.2. The summed E-state index contributed by atoms with van der Waals surface area (Å²) in [6.07, 6.45) is 3.66. The van der Waals surface area contributed by atoms with E-state index in [2.05, 4.69) is 10.0 Å². The monoisotopic (exact) mass is 469 g/mol. The van der Waals surface area contributed by atoms with Gasteiger partial charge in [-0.05, 0) is 17.5 Å². The van der Waals surface area contributed by atoms with Crippen LogP contribution in [0.5, 0.6) is 0 Å². The van der Waals surface area contributed by atoms with Crippen molar-refractivity contribution in [3.8, 4) is 0 Å². The van der Waals surface area contributed by atoms with Crippen molar-refractivity contribution in [3.63, 3.8) is 0 Å². The predicted molar refractivity (Wildman–Crippen MR) is 126 cm³/mol. The van der Waals surface area contributed by atoms with E-state index < -0.39 is 28.5 Å². The first-order valence-electron chi connectivity index (χ1n) is 10.4. The van der Waals surface area contributed by atoms with Crippen molar-refractivity contribution < 1.29 is 18.0 Å². The molecule has 1 unspecified atom stereocenters. The molecule has 5 N–H and O–H groups in total. The van der Waals surface area contributed by atoms with Crippen molar-refractivity contribution in [1.29, 1.82) is 5.41 Å². The molecule has 1 heterocycles. The number of amides is 2. The smallest absolute Gasteiger partial charge is 0.247 e. The minimum Gasteiger partial charge on any atom is -0.384 e. The molecule has 174 valence electrons. The first kappa shape index (κ1) is 24.1. The second kappa shape index (κ2) is 10.9. The van der Waals surface area contributed by atoms with Gasteiger partial charge in [0.2, 0.25) is 21.8 Å². The van der Waals surface area contributed by atoms with Crippen LogP contribution in [0.25, 0.3) is 0 Å². The maximum absolute atomic E-state index is 12.6. The molecular formula is C23H27N5O4S. The Morgan fingerprint density at radius 2 is 1.76 bits per heavy atom. The highest BCUT2D eigenvalue weighted by Crippen LogP contribution is 2.11. The molecule has 2 aromatic rings. The lowest BCUT2D eigenvalue weighted by atomic mass is 10.1. The van der Waals surface area contributed by atoms with Gasteiger partial charge in [-0.25, -0.2) is 13.1 Å². The molecule has 0 fully saturated rings. The number of hydrogen-bond donors (Lipinski definition) is 4. The van der Waals surface area contributed by atoms with Gasteiger partial charge in [0.25, 0.3) is 0 Å². The molecule has 0 aliphatic carbocycles. The van der Waals surface area contributed by atoms with Crippen LogP contribution in [-0.4, -0.2) is 55.9 Å². The van der Waals surface area contributed by atoms with Crippen molar-refractivity contribution in [2.45, 2.75) is 19.0 Å². The van der Waals surface area contributed by atoms with E-state index in [0.29, 0.717) is 12.0 Å². The normalized spacial score (nSPS) is 15.4. The molecular weight excluding hydrogens is 442 g/mol. The number of nitrogens with two attached hydrogens (primary N) is 1. The molecule has 3 rings (SSSR count). The summed E-state index contributed by atoms with van der Waals surface area (Å²) in [6, 6.07) is 15.3. The van der Waals surface area contributed by atoms with E-state index in [1.54, 1.807) is 36.4 Å². The molecule has 1 aliphatic rings. The molecule has 0 spiro atoms. The topological polar surface area (TPSA) is 145 Å². The third-order valence-corrected chi connectivity index (χ3v) is 6.55. The number of carbonyl (C=O) groups excluding carboxylic acids is 2. The lowest BCUT2D eigenvalue weighted by Crippen LogP contribution is -2.49. The van der Waals surface area contributed by atoms with Crippen LogP contribution in [0.1, 0.15) is 16.7 Å². The molecule has 33 heavy (non-hydrogen) atoms. The first-order valence-corrected chi connectivity index (χ1v) is 12.1. The Hall–Kier alpha value is -3.50. The van der Waals surface area contributed by atoms with Crippen molar-refractivity contribution in [2.75, 3.05) is 18.8 Å². The summed E-state index contributed by atoms with van der Waals surface area (Å²) in [5.41, 5.74) is 7.74. The summed E-state index contributed by atoms with van der Waals surface area (Å²) in [4.78, 5) is 26.6. The van der Waals surface area contributed by atoms with E-state index in [9.17, 15) is 18.0 Å². The summed E-state index contributed by atoms with van der Waals surface area (Å²) >= 11 is 0. The highest BCUT2D eigenvalue weighted by molar-refractivity contribution is 7.89. The zero-order valence-corrected chi connectivity index (χ0v) is 18.8. The minimum atomic E-state index is -3.64. The summed E-state index contributed by atoms with van der Waals surface area (Å²) in [5.74, 6) is -1.00. The van der Waals surface area contributed by atoms with Crippen LogP contribution in [0, 0.1) is 5.41 Å². The lowest BCUT2D eigenvalue weighted by molar-refractivity contribution is -0.136. The molecule has 0 bridgehead atoms. The van der Waals surface area contributed by atoms with Gasteiger partial charge in [0.05, 0.1) is 12.3 Å². The fourth-order valence-corrected chi connectivity index (χ4v) is 4.34. The maximum atomic E-state index is 12.6. The number of benzene rings is 2. The molecule has 2 aromatic carbocycles. The molecule has 0 saturated heterocycles. The number of aryl methyl sites for hydroxylation is 1. The Bertz CT molecular complexity index is 1130. The minimum absolute atomic E-state index is 0.0356. The fourth-order valence-electron chi connectivity index (χ4n) is 3.34. The van der Waals surface area contributed by atoms with Gasteiger partial charge >= 0.3 is 0 Å². The van der Waals surface area contributed by atoms with E-state index in [1.807, 2.05) is 30.3 Å². The second-order valence-electron chi connectivity index (χ2n) is 7.62. The quantitative estimate of drug-likeness (QED) is 0.228. The van der Waals surface area contributed by atoms with Crippen LogP contribution in [0.4, 0.5) is 0 Å². The zero-order valence-electron chi connectivity index (χ0n) is 18.0. The summed E-state index contributed by atoms with van der Waals surface area (Å²) < 4.78 is 26.9. The Labute approximate surface area is 193 Å². The van der Waals surface area contributed by atoms with E-state index in [1.165, 1.54) is 4.90 Å².